The number of carbonyl (C=O) groups is 1. The molecule has 4 aromatic rings. The Balaban J connectivity index is 1.21. The first kappa shape index (κ1) is 22.2. The quantitative estimate of drug-likeness (QED) is 0.403. The average molecular weight is 456 g/mol. The smallest absolute Gasteiger partial charge is 0.339 e. The molecule has 0 amide bonds. The molecule has 5 rings (SSSR count). The molecule has 3 heterocycles. The van der Waals surface area contributed by atoms with Crippen LogP contribution in [0.15, 0.2) is 79.3 Å². The average Bonchev–Trinajstić information content (AvgIpc) is 3.24. The SMILES string of the molecule is O=C(O)c1ccccc1OCCN1CCC(c2cn(Cc3ccncc3)c3ccccc23)CC1. The van der Waals surface area contributed by atoms with Gasteiger partial charge >= 0.3 is 5.97 Å². The lowest BCUT2D eigenvalue weighted by Crippen LogP contribution is -2.35. The summed E-state index contributed by atoms with van der Waals surface area (Å²) in [7, 11) is 0. The van der Waals surface area contributed by atoms with Gasteiger partial charge in [-0.15, -0.1) is 0 Å². The number of likely N-dealkylation sites (tertiary alicyclic amines) is 1. The Labute approximate surface area is 199 Å². The summed E-state index contributed by atoms with van der Waals surface area (Å²) in [5.41, 5.74) is 4.18. The second-order valence-corrected chi connectivity index (χ2v) is 8.85. The van der Waals surface area contributed by atoms with E-state index in [1.165, 1.54) is 22.0 Å². The standard InChI is InChI=1S/C28H29N3O3/c32-28(33)24-6-2-4-8-27(24)34-18-17-30-15-11-22(12-16-30)25-20-31(19-21-9-13-29-14-10-21)26-7-3-1-5-23(25)26/h1-10,13-14,20,22H,11-12,15-19H2,(H,32,33). The summed E-state index contributed by atoms with van der Waals surface area (Å²) in [6, 6.07) is 19.7. The summed E-state index contributed by atoms with van der Waals surface area (Å²) < 4.78 is 8.16. The van der Waals surface area contributed by atoms with Crippen LogP contribution < -0.4 is 4.74 Å². The third-order valence-corrected chi connectivity index (χ3v) is 6.73. The number of carboxylic acids is 1. The molecule has 0 radical (unpaired) electrons. The maximum Gasteiger partial charge on any atom is 0.339 e. The van der Waals surface area contributed by atoms with Gasteiger partial charge in [-0.25, -0.2) is 4.79 Å². The van der Waals surface area contributed by atoms with E-state index in [1.54, 1.807) is 24.3 Å². The Morgan fingerprint density at radius 1 is 1.00 bits per heavy atom. The number of nitrogens with zero attached hydrogens (tertiary/aromatic N) is 3. The van der Waals surface area contributed by atoms with Crippen molar-refractivity contribution in [1.29, 1.82) is 0 Å². The van der Waals surface area contributed by atoms with Crippen molar-refractivity contribution in [2.75, 3.05) is 26.2 Å². The highest BCUT2D eigenvalue weighted by Gasteiger charge is 2.24. The number of ether oxygens (including phenoxy) is 1. The van der Waals surface area contributed by atoms with Crippen LogP contribution in [0.4, 0.5) is 0 Å². The van der Waals surface area contributed by atoms with Gasteiger partial charge in [-0.3, -0.25) is 9.88 Å². The van der Waals surface area contributed by atoms with E-state index >= 15 is 0 Å². The van der Waals surface area contributed by atoms with Crippen molar-refractivity contribution in [3.8, 4) is 5.75 Å². The molecule has 0 aliphatic carbocycles. The Morgan fingerprint density at radius 2 is 1.74 bits per heavy atom. The Kier molecular flexibility index (Phi) is 6.58. The maximum atomic E-state index is 11.4. The van der Waals surface area contributed by atoms with Crippen LogP contribution in [-0.4, -0.2) is 51.8 Å². The summed E-state index contributed by atoms with van der Waals surface area (Å²) in [4.78, 5) is 17.9. The van der Waals surface area contributed by atoms with Crippen molar-refractivity contribution in [3.63, 3.8) is 0 Å². The first-order valence-corrected chi connectivity index (χ1v) is 11.8. The van der Waals surface area contributed by atoms with E-state index in [4.69, 9.17) is 4.74 Å². The molecule has 1 aliphatic heterocycles. The number of benzene rings is 2. The zero-order chi connectivity index (χ0) is 23.3. The largest absolute Gasteiger partial charge is 0.491 e. The molecule has 1 N–H and O–H groups in total. The van der Waals surface area contributed by atoms with Gasteiger partial charge < -0.3 is 14.4 Å². The van der Waals surface area contributed by atoms with Gasteiger partial charge in [0.1, 0.15) is 17.9 Å². The van der Waals surface area contributed by atoms with Gasteiger partial charge in [0, 0.05) is 42.6 Å². The van der Waals surface area contributed by atoms with E-state index in [9.17, 15) is 9.90 Å². The minimum absolute atomic E-state index is 0.212. The fourth-order valence-electron chi connectivity index (χ4n) is 4.94. The van der Waals surface area contributed by atoms with E-state index in [2.05, 4.69) is 57.0 Å². The molecule has 174 valence electrons. The van der Waals surface area contributed by atoms with Crippen LogP contribution in [0.3, 0.4) is 0 Å². The van der Waals surface area contributed by atoms with Crippen LogP contribution in [-0.2, 0) is 6.54 Å². The summed E-state index contributed by atoms with van der Waals surface area (Å²) >= 11 is 0. The van der Waals surface area contributed by atoms with Crippen LogP contribution in [0.2, 0.25) is 0 Å². The molecular formula is C28H29N3O3. The number of fused-ring (bicyclic) bond motifs is 1. The molecule has 0 saturated carbocycles. The minimum Gasteiger partial charge on any atom is -0.491 e. The highest BCUT2D eigenvalue weighted by atomic mass is 16.5. The number of pyridine rings is 1. The fourth-order valence-corrected chi connectivity index (χ4v) is 4.94. The van der Waals surface area contributed by atoms with Crippen LogP contribution >= 0.6 is 0 Å². The number of rotatable bonds is 8. The van der Waals surface area contributed by atoms with Crippen LogP contribution in [0.1, 0.15) is 40.2 Å². The lowest BCUT2D eigenvalue weighted by Gasteiger charge is -2.31. The number of para-hydroxylation sites is 2. The van der Waals surface area contributed by atoms with Gasteiger partial charge in [-0.2, -0.15) is 0 Å². The van der Waals surface area contributed by atoms with Crippen molar-refractivity contribution >= 4 is 16.9 Å². The zero-order valence-corrected chi connectivity index (χ0v) is 19.1. The number of carboxylic acid groups (broad SMARTS) is 1. The van der Waals surface area contributed by atoms with Crippen molar-refractivity contribution in [2.24, 2.45) is 0 Å². The lowest BCUT2D eigenvalue weighted by atomic mass is 9.89. The van der Waals surface area contributed by atoms with Gasteiger partial charge in [-0.05, 0) is 73.3 Å². The third kappa shape index (κ3) is 4.82. The van der Waals surface area contributed by atoms with Gasteiger partial charge in [0.05, 0.1) is 0 Å². The molecule has 0 atom stereocenters. The number of aromatic nitrogens is 2. The molecule has 34 heavy (non-hydrogen) atoms. The van der Waals surface area contributed by atoms with Gasteiger partial charge in [-0.1, -0.05) is 30.3 Å². The molecular weight excluding hydrogens is 426 g/mol. The molecule has 1 fully saturated rings. The number of aromatic carboxylic acids is 1. The molecule has 6 heteroatoms. The number of hydrogen-bond donors (Lipinski definition) is 1. The van der Waals surface area contributed by atoms with Crippen molar-refractivity contribution in [1.82, 2.24) is 14.5 Å². The Morgan fingerprint density at radius 3 is 2.53 bits per heavy atom. The minimum atomic E-state index is -0.959. The van der Waals surface area contributed by atoms with E-state index < -0.39 is 5.97 Å². The van der Waals surface area contributed by atoms with Gasteiger partial charge in [0.15, 0.2) is 0 Å². The number of piperidine rings is 1. The summed E-state index contributed by atoms with van der Waals surface area (Å²) in [6.45, 7) is 4.15. The molecule has 1 aliphatic rings. The van der Waals surface area contributed by atoms with Gasteiger partial charge in [0.25, 0.3) is 0 Å². The predicted octanol–water partition coefficient (Wildman–Crippen LogP) is 5.04. The van der Waals surface area contributed by atoms with E-state index in [0.29, 0.717) is 18.3 Å². The molecule has 0 spiro atoms. The molecule has 0 bridgehead atoms. The first-order chi connectivity index (χ1) is 16.7. The normalized spacial score (nSPS) is 14.9. The van der Waals surface area contributed by atoms with E-state index in [0.717, 1.165) is 39.0 Å². The van der Waals surface area contributed by atoms with Crippen LogP contribution in [0, 0.1) is 0 Å². The highest BCUT2D eigenvalue weighted by Crippen LogP contribution is 2.34. The monoisotopic (exact) mass is 455 g/mol. The second kappa shape index (κ2) is 10.1. The van der Waals surface area contributed by atoms with E-state index in [-0.39, 0.29) is 5.56 Å². The van der Waals surface area contributed by atoms with Crippen LogP contribution in [0.25, 0.3) is 10.9 Å². The topological polar surface area (TPSA) is 67.6 Å². The molecule has 1 saturated heterocycles. The second-order valence-electron chi connectivity index (χ2n) is 8.85. The molecule has 2 aromatic heterocycles. The lowest BCUT2D eigenvalue weighted by molar-refractivity contribution is 0.0691. The summed E-state index contributed by atoms with van der Waals surface area (Å²) in [5, 5.41) is 10.7. The highest BCUT2D eigenvalue weighted by molar-refractivity contribution is 5.90. The van der Waals surface area contributed by atoms with Crippen LogP contribution in [0.5, 0.6) is 5.75 Å². The van der Waals surface area contributed by atoms with E-state index in [1.807, 2.05) is 12.4 Å². The third-order valence-electron chi connectivity index (χ3n) is 6.73. The maximum absolute atomic E-state index is 11.4. The zero-order valence-electron chi connectivity index (χ0n) is 19.1. The summed E-state index contributed by atoms with van der Waals surface area (Å²) in [5.74, 6) is 0.0138. The van der Waals surface area contributed by atoms with Crippen molar-refractivity contribution in [3.05, 3.63) is 95.9 Å². The number of hydrogen-bond acceptors (Lipinski definition) is 4. The predicted molar refractivity (Wildman–Crippen MR) is 133 cm³/mol. The Bertz CT molecular complexity index is 1260. The molecule has 2 aromatic carbocycles. The van der Waals surface area contributed by atoms with Crippen molar-refractivity contribution in [2.45, 2.75) is 25.3 Å². The molecule has 6 nitrogen and oxygen atoms in total. The van der Waals surface area contributed by atoms with Gasteiger partial charge in [0.2, 0.25) is 0 Å². The Hall–Kier alpha value is -3.64. The first-order valence-electron chi connectivity index (χ1n) is 11.8. The summed E-state index contributed by atoms with van der Waals surface area (Å²) in [6.07, 6.45) is 8.25. The fraction of sp³-hybridized carbons (Fsp3) is 0.286. The van der Waals surface area contributed by atoms with Crippen molar-refractivity contribution < 1.29 is 14.6 Å². The molecule has 0 unspecified atom stereocenters.